The van der Waals surface area contributed by atoms with E-state index in [-0.39, 0.29) is 0 Å². The molecule has 1 N–H and O–H groups in total. The average Bonchev–Trinajstić information content (AvgIpc) is 2.47. The standard InChI is InChI=1S/C8H13NO3S2/c1-5-4-7(13-9-5)8(10)6(2)14(3,11)12/h4,6,8,10H,1-3H3. The van der Waals surface area contributed by atoms with E-state index in [0.717, 1.165) is 23.5 Å². The molecule has 2 unspecified atom stereocenters. The van der Waals surface area contributed by atoms with E-state index in [4.69, 9.17) is 0 Å². The maximum absolute atomic E-state index is 11.2. The number of nitrogens with zero attached hydrogens (tertiary/aromatic N) is 1. The number of aliphatic hydroxyl groups is 1. The van der Waals surface area contributed by atoms with Gasteiger partial charge in [-0.15, -0.1) is 0 Å². The molecule has 14 heavy (non-hydrogen) atoms. The zero-order chi connectivity index (χ0) is 10.9. The molecule has 0 spiro atoms. The lowest BCUT2D eigenvalue weighted by molar-refractivity contribution is 0.180. The van der Waals surface area contributed by atoms with Crippen molar-refractivity contribution in [1.82, 2.24) is 4.37 Å². The van der Waals surface area contributed by atoms with Crippen LogP contribution in [0.1, 0.15) is 23.6 Å². The molecule has 4 nitrogen and oxygen atoms in total. The van der Waals surface area contributed by atoms with Crippen molar-refractivity contribution in [1.29, 1.82) is 0 Å². The normalized spacial score (nSPS) is 16.6. The molecule has 0 aromatic carbocycles. The number of aliphatic hydroxyl groups excluding tert-OH is 1. The van der Waals surface area contributed by atoms with Crippen LogP contribution in [0.15, 0.2) is 6.07 Å². The maximum Gasteiger partial charge on any atom is 0.152 e. The Morgan fingerprint density at radius 3 is 2.50 bits per heavy atom. The van der Waals surface area contributed by atoms with Crippen molar-refractivity contribution in [2.45, 2.75) is 25.2 Å². The summed E-state index contributed by atoms with van der Waals surface area (Å²) in [7, 11) is -3.21. The van der Waals surface area contributed by atoms with Crippen LogP contribution in [0.5, 0.6) is 0 Å². The Kier molecular flexibility index (Phi) is 3.28. The van der Waals surface area contributed by atoms with Gasteiger partial charge >= 0.3 is 0 Å². The van der Waals surface area contributed by atoms with Gasteiger partial charge in [0.1, 0.15) is 6.10 Å². The fourth-order valence-electron chi connectivity index (χ4n) is 0.988. The molecule has 6 heteroatoms. The van der Waals surface area contributed by atoms with Gasteiger partial charge in [0.2, 0.25) is 0 Å². The Morgan fingerprint density at radius 1 is 1.57 bits per heavy atom. The van der Waals surface area contributed by atoms with Crippen LogP contribution in [-0.2, 0) is 9.84 Å². The molecule has 0 bridgehead atoms. The van der Waals surface area contributed by atoms with Gasteiger partial charge in [-0.1, -0.05) is 0 Å². The highest BCUT2D eigenvalue weighted by molar-refractivity contribution is 7.91. The Balaban J connectivity index is 2.91. The van der Waals surface area contributed by atoms with Gasteiger partial charge in [-0.3, -0.25) is 0 Å². The molecule has 0 fully saturated rings. The lowest BCUT2D eigenvalue weighted by atomic mass is 10.2. The lowest BCUT2D eigenvalue weighted by Gasteiger charge is -2.14. The van der Waals surface area contributed by atoms with Gasteiger partial charge in [-0.25, -0.2) is 8.42 Å². The van der Waals surface area contributed by atoms with Crippen molar-refractivity contribution < 1.29 is 13.5 Å². The van der Waals surface area contributed by atoms with Crippen LogP contribution in [-0.4, -0.2) is 29.4 Å². The Morgan fingerprint density at radius 2 is 2.14 bits per heavy atom. The number of sulfone groups is 1. The van der Waals surface area contributed by atoms with E-state index >= 15 is 0 Å². The van der Waals surface area contributed by atoms with Crippen molar-refractivity contribution in [3.05, 3.63) is 16.6 Å². The van der Waals surface area contributed by atoms with Crippen LogP contribution in [0.4, 0.5) is 0 Å². The van der Waals surface area contributed by atoms with E-state index in [2.05, 4.69) is 4.37 Å². The number of aromatic nitrogens is 1. The first-order valence-corrected chi connectivity index (χ1v) is 6.85. The highest BCUT2D eigenvalue weighted by Crippen LogP contribution is 2.25. The average molecular weight is 235 g/mol. The largest absolute Gasteiger partial charge is 0.386 e. The van der Waals surface area contributed by atoms with Gasteiger partial charge in [0.15, 0.2) is 9.84 Å². The Bertz CT molecular complexity index is 410. The molecule has 0 saturated heterocycles. The van der Waals surface area contributed by atoms with Crippen LogP contribution >= 0.6 is 11.5 Å². The van der Waals surface area contributed by atoms with E-state index in [0.29, 0.717) is 4.88 Å². The quantitative estimate of drug-likeness (QED) is 0.846. The second-order valence-corrected chi connectivity index (χ2v) is 6.59. The summed E-state index contributed by atoms with van der Waals surface area (Å²) in [5.74, 6) is 0. The van der Waals surface area contributed by atoms with E-state index in [1.165, 1.54) is 6.92 Å². The maximum atomic E-state index is 11.2. The van der Waals surface area contributed by atoms with E-state index < -0.39 is 21.2 Å². The molecule has 0 aliphatic rings. The topological polar surface area (TPSA) is 67.3 Å². The number of aryl methyl sites for hydroxylation is 1. The van der Waals surface area contributed by atoms with E-state index in [9.17, 15) is 13.5 Å². The molecule has 0 saturated carbocycles. The van der Waals surface area contributed by atoms with Crippen molar-refractivity contribution in [2.75, 3.05) is 6.26 Å². The third kappa shape index (κ3) is 2.52. The summed E-state index contributed by atoms with van der Waals surface area (Å²) in [6, 6.07) is 1.71. The smallest absolute Gasteiger partial charge is 0.152 e. The summed E-state index contributed by atoms with van der Waals surface area (Å²) in [4.78, 5) is 0.598. The molecule has 1 heterocycles. The van der Waals surface area contributed by atoms with Gasteiger partial charge in [0.05, 0.1) is 15.8 Å². The predicted octanol–water partition coefficient (Wildman–Crippen LogP) is 0.918. The first-order valence-electron chi connectivity index (χ1n) is 4.12. The summed E-state index contributed by atoms with van der Waals surface area (Å²) in [6.07, 6.45) is 0.144. The van der Waals surface area contributed by atoms with Crippen LogP contribution in [0, 0.1) is 6.92 Å². The predicted molar refractivity (Wildman–Crippen MR) is 56.1 cm³/mol. The summed E-state index contributed by atoms with van der Waals surface area (Å²) < 4.78 is 26.3. The minimum Gasteiger partial charge on any atom is -0.386 e. The summed E-state index contributed by atoms with van der Waals surface area (Å²) in [5, 5.41) is 8.94. The van der Waals surface area contributed by atoms with E-state index in [1.807, 2.05) is 0 Å². The molecule has 80 valence electrons. The molecular formula is C8H13NO3S2. The summed E-state index contributed by atoms with van der Waals surface area (Å²) in [6.45, 7) is 3.30. The third-order valence-corrected chi connectivity index (χ3v) is 4.62. The Labute approximate surface area is 87.7 Å². The SMILES string of the molecule is Cc1cc(C(O)C(C)S(C)(=O)=O)sn1. The number of hydrogen-bond donors (Lipinski definition) is 1. The zero-order valence-corrected chi connectivity index (χ0v) is 9.89. The summed E-state index contributed by atoms with van der Waals surface area (Å²) >= 11 is 1.14. The van der Waals surface area contributed by atoms with Crippen LogP contribution in [0.3, 0.4) is 0 Å². The fraction of sp³-hybridized carbons (Fsp3) is 0.625. The molecule has 0 amide bonds. The van der Waals surface area contributed by atoms with Crippen LogP contribution < -0.4 is 0 Å². The van der Waals surface area contributed by atoms with Gasteiger partial charge in [-0.05, 0) is 31.4 Å². The van der Waals surface area contributed by atoms with Gasteiger partial charge < -0.3 is 5.11 Å². The minimum atomic E-state index is -3.21. The molecule has 1 rings (SSSR count). The molecular weight excluding hydrogens is 222 g/mol. The fourth-order valence-corrected chi connectivity index (χ4v) is 2.53. The van der Waals surface area contributed by atoms with Crippen molar-refractivity contribution in [3.8, 4) is 0 Å². The third-order valence-electron chi connectivity index (χ3n) is 2.06. The molecule has 0 aliphatic carbocycles. The lowest BCUT2D eigenvalue weighted by Crippen LogP contribution is -2.23. The second kappa shape index (κ2) is 3.96. The first kappa shape index (κ1) is 11.6. The van der Waals surface area contributed by atoms with Crippen molar-refractivity contribution in [3.63, 3.8) is 0 Å². The molecule has 1 aromatic rings. The van der Waals surface area contributed by atoms with Gasteiger partial charge in [0, 0.05) is 6.26 Å². The minimum absolute atomic E-state index is 0.598. The van der Waals surface area contributed by atoms with Gasteiger partial charge in [0.25, 0.3) is 0 Å². The molecule has 0 aliphatic heterocycles. The first-order chi connectivity index (χ1) is 6.32. The second-order valence-electron chi connectivity index (χ2n) is 3.35. The zero-order valence-electron chi connectivity index (χ0n) is 8.26. The van der Waals surface area contributed by atoms with Crippen molar-refractivity contribution >= 4 is 21.4 Å². The van der Waals surface area contributed by atoms with Crippen molar-refractivity contribution in [2.24, 2.45) is 0 Å². The molecule has 0 radical (unpaired) electrons. The summed E-state index contributed by atoms with van der Waals surface area (Å²) in [5.41, 5.74) is 0.796. The Hall–Kier alpha value is -0.460. The van der Waals surface area contributed by atoms with Gasteiger partial charge in [-0.2, -0.15) is 4.37 Å². The highest BCUT2D eigenvalue weighted by Gasteiger charge is 2.26. The molecule has 2 atom stereocenters. The monoisotopic (exact) mass is 235 g/mol. The highest BCUT2D eigenvalue weighted by atomic mass is 32.2. The van der Waals surface area contributed by atoms with Crippen LogP contribution in [0.2, 0.25) is 0 Å². The molecule has 1 aromatic heterocycles. The number of hydrogen-bond acceptors (Lipinski definition) is 5. The van der Waals surface area contributed by atoms with E-state index in [1.54, 1.807) is 13.0 Å². The van der Waals surface area contributed by atoms with Crippen LogP contribution in [0.25, 0.3) is 0 Å². The number of rotatable bonds is 3.